The van der Waals surface area contributed by atoms with Crippen LogP contribution in [0.25, 0.3) is 0 Å². The maximum absolute atomic E-state index is 13.3. The number of halogens is 2. The fourth-order valence-electron chi connectivity index (χ4n) is 2.95. The van der Waals surface area contributed by atoms with Crippen LogP contribution in [0.4, 0.5) is 5.69 Å². The zero-order valence-corrected chi connectivity index (χ0v) is 20.1. The zero-order chi connectivity index (χ0) is 23.3. The number of carbonyl (C=O) groups is 2. The molecule has 0 spiro atoms. The molecular formula is C21H25Cl2N3O4S. The van der Waals surface area contributed by atoms with Crippen LogP contribution in [0.1, 0.15) is 18.1 Å². The standard InChI is InChI=1S/C21H25Cl2N3O4S/c1-14-5-9-18(10-6-14)26(31(4,29)30)13-20(27)25(15(2)21(28)24-3)12-16-7-8-17(22)11-19(16)23/h5-11,15H,12-13H2,1-4H3,(H,24,28)/t15-/m1/s1. The summed E-state index contributed by atoms with van der Waals surface area (Å²) in [6, 6.07) is 10.8. The number of anilines is 1. The Balaban J connectivity index is 2.40. The van der Waals surface area contributed by atoms with E-state index >= 15 is 0 Å². The molecule has 168 valence electrons. The number of hydrogen-bond acceptors (Lipinski definition) is 4. The van der Waals surface area contributed by atoms with E-state index in [1.165, 1.54) is 11.9 Å². The monoisotopic (exact) mass is 485 g/mol. The molecule has 2 rings (SSSR count). The third-order valence-electron chi connectivity index (χ3n) is 4.77. The molecule has 10 heteroatoms. The number of sulfonamides is 1. The van der Waals surface area contributed by atoms with Gasteiger partial charge in [0.2, 0.25) is 21.8 Å². The van der Waals surface area contributed by atoms with E-state index in [0.717, 1.165) is 16.1 Å². The Hall–Kier alpha value is -2.29. The van der Waals surface area contributed by atoms with Crippen molar-refractivity contribution in [2.45, 2.75) is 26.4 Å². The van der Waals surface area contributed by atoms with Crippen molar-refractivity contribution in [2.75, 3.05) is 24.2 Å². The van der Waals surface area contributed by atoms with Crippen molar-refractivity contribution in [3.8, 4) is 0 Å². The van der Waals surface area contributed by atoms with Gasteiger partial charge in [-0.1, -0.05) is 47.0 Å². The summed E-state index contributed by atoms with van der Waals surface area (Å²) in [5.74, 6) is -0.937. The first-order chi connectivity index (χ1) is 14.4. The topological polar surface area (TPSA) is 86.8 Å². The number of likely N-dealkylation sites (N-methyl/N-ethyl adjacent to an activating group) is 1. The molecule has 0 heterocycles. The van der Waals surface area contributed by atoms with Crippen LogP contribution in [-0.4, -0.2) is 51.0 Å². The fraction of sp³-hybridized carbons (Fsp3) is 0.333. The van der Waals surface area contributed by atoms with E-state index < -0.39 is 28.5 Å². The minimum Gasteiger partial charge on any atom is -0.357 e. The second-order valence-electron chi connectivity index (χ2n) is 7.15. The Morgan fingerprint density at radius 1 is 1.10 bits per heavy atom. The summed E-state index contributed by atoms with van der Waals surface area (Å²) in [7, 11) is -2.29. The minimum absolute atomic E-state index is 0.00885. The highest BCUT2D eigenvalue weighted by Gasteiger charge is 2.30. The van der Waals surface area contributed by atoms with Crippen LogP contribution in [0.5, 0.6) is 0 Å². The van der Waals surface area contributed by atoms with Gasteiger partial charge in [-0.05, 0) is 43.7 Å². The smallest absolute Gasteiger partial charge is 0.244 e. The van der Waals surface area contributed by atoms with Crippen molar-refractivity contribution in [3.05, 3.63) is 63.6 Å². The third-order valence-corrected chi connectivity index (χ3v) is 6.50. The normalized spacial score (nSPS) is 12.2. The van der Waals surface area contributed by atoms with Crippen LogP contribution in [0, 0.1) is 6.92 Å². The molecule has 1 atom stereocenters. The Kier molecular flexibility index (Phi) is 8.34. The van der Waals surface area contributed by atoms with Gasteiger partial charge < -0.3 is 10.2 Å². The quantitative estimate of drug-likeness (QED) is 0.621. The average Bonchev–Trinajstić information content (AvgIpc) is 2.70. The van der Waals surface area contributed by atoms with E-state index in [9.17, 15) is 18.0 Å². The van der Waals surface area contributed by atoms with Crippen LogP contribution in [0.2, 0.25) is 10.0 Å². The van der Waals surface area contributed by atoms with E-state index in [-0.39, 0.29) is 12.5 Å². The molecule has 0 aliphatic rings. The van der Waals surface area contributed by atoms with E-state index in [1.54, 1.807) is 49.4 Å². The van der Waals surface area contributed by atoms with Crippen molar-refractivity contribution in [1.29, 1.82) is 0 Å². The van der Waals surface area contributed by atoms with Crippen LogP contribution in [0.15, 0.2) is 42.5 Å². The van der Waals surface area contributed by atoms with E-state index in [1.807, 2.05) is 6.92 Å². The SMILES string of the molecule is CNC(=O)[C@@H](C)N(Cc1ccc(Cl)cc1Cl)C(=O)CN(c1ccc(C)cc1)S(C)(=O)=O. The van der Waals surface area contributed by atoms with Crippen LogP contribution >= 0.6 is 23.2 Å². The van der Waals surface area contributed by atoms with Gasteiger partial charge in [0.15, 0.2) is 0 Å². The van der Waals surface area contributed by atoms with E-state index in [0.29, 0.717) is 21.3 Å². The first-order valence-electron chi connectivity index (χ1n) is 9.43. The summed E-state index contributed by atoms with van der Waals surface area (Å²) in [6.07, 6.45) is 1.03. The van der Waals surface area contributed by atoms with Crippen LogP contribution in [0.3, 0.4) is 0 Å². The predicted octanol–water partition coefficient (Wildman–Crippen LogP) is 3.23. The summed E-state index contributed by atoms with van der Waals surface area (Å²) >= 11 is 12.2. The van der Waals surface area contributed by atoms with E-state index in [2.05, 4.69) is 5.32 Å². The maximum Gasteiger partial charge on any atom is 0.244 e. The molecule has 0 unspecified atom stereocenters. The maximum atomic E-state index is 13.3. The Morgan fingerprint density at radius 3 is 2.23 bits per heavy atom. The van der Waals surface area contributed by atoms with Crippen molar-refractivity contribution >= 4 is 50.7 Å². The molecule has 2 aromatic rings. The highest BCUT2D eigenvalue weighted by Crippen LogP contribution is 2.24. The molecular weight excluding hydrogens is 461 g/mol. The molecule has 0 bridgehead atoms. The third kappa shape index (κ3) is 6.59. The summed E-state index contributed by atoms with van der Waals surface area (Å²) in [6.45, 7) is 2.99. The van der Waals surface area contributed by atoms with Gasteiger partial charge in [-0.2, -0.15) is 0 Å². The van der Waals surface area contributed by atoms with Crippen molar-refractivity contribution in [3.63, 3.8) is 0 Å². The van der Waals surface area contributed by atoms with Gasteiger partial charge in [-0.15, -0.1) is 0 Å². The Morgan fingerprint density at radius 2 is 1.71 bits per heavy atom. The highest BCUT2D eigenvalue weighted by molar-refractivity contribution is 7.92. The molecule has 0 aliphatic carbocycles. The van der Waals surface area contributed by atoms with Crippen molar-refractivity contribution in [2.24, 2.45) is 0 Å². The summed E-state index contributed by atoms with van der Waals surface area (Å²) < 4.78 is 25.9. The van der Waals surface area contributed by atoms with Crippen LogP contribution in [-0.2, 0) is 26.2 Å². The molecule has 0 aliphatic heterocycles. The lowest BCUT2D eigenvalue weighted by Gasteiger charge is -2.31. The number of nitrogens with one attached hydrogen (secondary N) is 1. The van der Waals surface area contributed by atoms with E-state index in [4.69, 9.17) is 23.2 Å². The largest absolute Gasteiger partial charge is 0.357 e. The predicted molar refractivity (Wildman–Crippen MR) is 124 cm³/mol. The Labute approximate surface area is 193 Å². The summed E-state index contributed by atoms with van der Waals surface area (Å²) in [4.78, 5) is 26.8. The van der Waals surface area contributed by atoms with Crippen molar-refractivity contribution in [1.82, 2.24) is 10.2 Å². The van der Waals surface area contributed by atoms with Crippen LogP contribution < -0.4 is 9.62 Å². The number of benzene rings is 2. The highest BCUT2D eigenvalue weighted by atomic mass is 35.5. The first-order valence-corrected chi connectivity index (χ1v) is 12.0. The molecule has 2 aromatic carbocycles. The van der Waals surface area contributed by atoms with Gasteiger partial charge in [0.05, 0.1) is 11.9 Å². The average molecular weight is 486 g/mol. The number of rotatable bonds is 8. The molecule has 2 amide bonds. The molecule has 0 radical (unpaired) electrons. The lowest BCUT2D eigenvalue weighted by molar-refractivity contribution is -0.139. The second-order valence-corrected chi connectivity index (χ2v) is 9.90. The molecule has 31 heavy (non-hydrogen) atoms. The second kappa shape index (κ2) is 10.3. The summed E-state index contributed by atoms with van der Waals surface area (Å²) in [5.41, 5.74) is 1.89. The number of carbonyl (C=O) groups excluding carboxylic acids is 2. The molecule has 0 saturated carbocycles. The molecule has 1 N–H and O–H groups in total. The van der Waals surface area contributed by atoms with Gasteiger partial charge in [0.25, 0.3) is 0 Å². The lowest BCUT2D eigenvalue weighted by Crippen LogP contribution is -2.50. The van der Waals surface area contributed by atoms with Gasteiger partial charge >= 0.3 is 0 Å². The molecule has 7 nitrogen and oxygen atoms in total. The minimum atomic E-state index is -3.76. The zero-order valence-electron chi connectivity index (χ0n) is 17.7. The number of nitrogens with zero attached hydrogens (tertiary/aromatic N) is 2. The number of amides is 2. The molecule has 0 fully saturated rings. The van der Waals surface area contributed by atoms with Crippen molar-refractivity contribution < 1.29 is 18.0 Å². The first kappa shape index (κ1) is 25.0. The molecule has 0 aromatic heterocycles. The van der Waals surface area contributed by atoms with Gasteiger partial charge in [0.1, 0.15) is 12.6 Å². The number of hydrogen-bond donors (Lipinski definition) is 1. The molecule has 0 saturated heterocycles. The van der Waals surface area contributed by atoms with Gasteiger partial charge in [-0.25, -0.2) is 8.42 Å². The van der Waals surface area contributed by atoms with Gasteiger partial charge in [-0.3, -0.25) is 13.9 Å². The van der Waals surface area contributed by atoms with Gasteiger partial charge in [0, 0.05) is 23.6 Å². The fourth-order valence-corrected chi connectivity index (χ4v) is 4.27. The summed E-state index contributed by atoms with van der Waals surface area (Å²) in [5, 5.41) is 3.29. The number of aryl methyl sites for hydroxylation is 1. The lowest BCUT2D eigenvalue weighted by atomic mass is 10.1. The Bertz CT molecular complexity index is 1060.